The average Bonchev–Trinajstić information content (AvgIpc) is 2.99. The van der Waals surface area contributed by atoms with Crippen LogP contribution in [0.3, 0.4) is 0 Å². The van der Waals surface area contributed by atoms with Crippen LogP contribution in [-0.2, 0) is 40.4 Å². The quantitative estimate of drug-likeness (QED) is 0.0713. The fourth-order valence-electron chi connectivity index (χ4n) is 4.29. The number of hydrogen-bond donors (Lipinski definition) is 5. The lowest BCUT2D eigenvalue weighted by molar-refractivity contribution is -0.213. The molecule has 0 aliphatic carbocycles. The Bertz CT molecular complexity index is 993. The largest absolute Gasteiger partial charge is 0.439 e. The Morgan fingerprint density at radius 3 is 2.02 bits per heavy atom. The SMILES string of the molecule is CCCN(CCC)CCNC(=O)CNC(=O)C(Cc1ccccc1)NC(=O)C(CCCCNC(=O)OOC)NC(=O)OOC. The molecule has 0 aliphatic heterocycles. The van der Waals surface area contributed by atoms with Crippen molar-refractivity contribution in [2.75, 3.05) is 53.5 Å². The van der Waals surface area contributed by atoms with Crippen LogP contribution in [0.2, 0.25) is 0 Å². The van der Waals surface area contributed by atoms with Crippen LogP contribution in [0.15, 0.2) is 30.3 Å². The van der Waals surface area contributed by atoms with Gasteiger partial charge < -0.3 is 31.5 Å². The topological polar surface area (TPSA) is 186 Å². The molecule has 1 aromatic rings. The minimum absolute atomic E-state index is 0.143. The van der Waals surface area contributed by atoms with Crippen LogP contribution in [-0.4, -0.2) is 100 Å². The molecular weight excluding hydrogens is 576 g/mol. The molecule has 1 aromatic carbocycles. The molecule has 248 valence electrons. The number of hydrogen-bond acceptors (Lipinski definition) is 10. The van der Waals surface area contributed by atoms with Crippen LogP contribution in [0.4, 0.5) is 9.59 Å². The van der Waals surface area contributed by atoms with Crippen molar-refractivity contribution in [3.05, 3.63) is 35.9 Å². The van der Waals surface area contributed by atoms with Gasteiger partial charge in [0.05, 0.1) is 20.8 Å². The maximum Gasteiger partial charge on any atom is 0.439 e. The predicted molar refractivity (Wildman–Crippen MR) is 161 cm³/mol. The van der Waals surface area contributed by atoms with Gasteiger partial charge in [-0.1, -0.05) is 44.2 Å². The zero-order valence-electron chi connectivity index (χ0n) is 26.1. The zero-order chi connectivity index (χ0) is 32.6. The number of nitrogens with zero attached hydrogens (tertiary/aromatic N) is 1. The number of benzene rings is 1. The second-order valence-corrected chi connectivity index (χ2v) is 9.85. The lowest BCUT2D eigenvalue weighted by Gasteiger charge is -2.23. The van der Waals surface area contributed by atoms with Crippen molar-refractivity contribution < 1.29 is 43.5 Å². The number of carbonyl (C=O) groups excluding carboxylic acids is 5. The van der Waals surface area contributed by atoms with Gasteiger partial charge in [0.25, 0.3) is 0 Å². The summed E-state index contributed by atoms with van der Waals surface area (Å²) in [6.45, 7) is 7.23. The maximum absolute atomic E-state index is 13.3. The number of unbranched alkanes of at least 4 members (excludes halogenated alkanes) is 1. The first-order valence-electron chi connectivity index (χ1n) is 14.8. The molecule has 1 rings (SSSR count). The molecule has 5 N–H and O–H groups in total. The molecule has 0 aliphatic rings. The summed E-state index contributed by atoms with van der Waals surface area (Å²) in [5.41, 5.74) is 0.779. The molecule has 0 aromatic heterocycles. The highest BCUT2D eigenvalue weighted by Crippen LogP contribution is 2.07. The third-order valence-corrected chi connectivity index (χ3v) is 6.28. The third kappa shape index (κ3) is 17.2. The first-order chi connectivity index (χ1) is 21.2. The second-order valence-electron chi connectivity index (χ2n) is 9.85. The van der Waals surface area contributed by atoms with Crippen LogP contribution in [0.1, 0.15) is 51.5 Å². The van der Waals surface area contributed by atoms with E-state index < -0.39 is 36.1 Å². The van der Waals surface area contributed by atoms with Crippen molar-refractivity contribution in [2.45, 2.75) is 64.5 Å². The average molecular weight is 625 g/mol. The van der Waals surface area contributed by atoms with Crippen molar-refractivity contribution >= 4 is 29.9 Å². The number of carbonyl (C=O) groups is 5. The lowest BCUT2D eigenvalue weighted by atomic mass is 10.0. The Morgan fingerprint density at radius 2 is 1.39 bits per heavy atom. The van der Waals surface area contributed by atoms with Gasteiger partial charge in [-0.25, -0.2) is 9.59 Å². The fourth-order valence-corrected chi connectivity index (χ4v) is 4.29. The molecule has 0 spiro atoms. The van der Waals surface area contributed by atoms with Gasteiger partial charge in [0.2, 0.25) is 17.7 Å². The molecule has 15 nitrogen and oxygen atoms in total. The highest BCUT2D eigenvalue weighted by Gasteiger charge is 2.28. The molecule has 0 saturated heterocycles. The Labute approximate surface area is 258 Å². The Balaban J connectivity index is 2.83. The summed E-state index contributed by atoms with van der Waals surface area (Å²) >= 11 is 0. The van der Waals surface area contributed by atoms with Crippen LogP contribution >= 0.6 is 0 Å². The first kappa shape index (κ1) is 38.1. The molecule has 5 amide bonds. The molecule has 0 bridgehead atoms. The van der Waals surface area contributed by atoms with Crippen LogP contribution < -0.4 is 26.6 Å². The summed E-state index contributed by atoms with van der Waals surface area (Å²) in [4.78, 5) is 82.0. The summed E-state index contributed by atoms with van der Waals surface area (Å²) in [5, 5.41) is 13.0. The van der Waals surface area contributed by atoms with E-state index in [0.29, 0.717) is 25.9 Å². The summed E-state index contributed by atoms with van der Waals surface area (Å²) in [6.07, 6.45) is 1.43. The van der Waals surface area contributed by atoms with Gasteiger partial charge in [-0.15, -0.1) is 0 Å². The highest BCUT2D eigenvalue weighted by molar-refractivity contribution is 5.93. The monoisotopic (exact) mass is 624 g/mol. The second kappa shape index (κ2) is 23.5. The lowest BCUT2D eigenvalue weighted by Crippen LogP contribution is -2.55. The van der Waals surface area contributed by atoms with E-state index in [1.54, 1.807) is 0 Å². The first-order valence-corrected chi connectivity index (χ1v) is 14.8. The molecule has 15 heteroatoms. The van der Waals surface area contributed by atoms with E-state index in [1.165, 1.54) is 7.11 Å². The standard InChI is InChI=1S/C29H48N6O9/c1-5-17-35(18-6-2)19-16-30-25(36)21-32-26(37)24(20-22-12-8-7-9-13-22)33-27(38)23(34-29(40)44-42-4)14-10-11-15-31-28(39)43-41-3/h7-9,12-13,23-24H,5-6,10-11,14-21H2,1-4H3,(H,30,36)(H,31,39)(H,32,37)(H,33,38)(H,34,40). The number of amides is 5. The van der Waals surface area contributed by atoms with Gasteiger partial charge in [-0.05, 0) is 50.8 Å². The molecule has 0 saturated carbocycles. The molecular formula is C29H48N6O9. The normalized spacial score (nSPS) is 12.0. The van der Waals surface area contributed by atoms with E-state index >= 15 is 0 Å². The van der Waals surface area contributed by atoms with E-state index in [9.17, 15) is 24.0 Å². The highest BCUT2D eigenvalue weighted by atomic mass is 17.2. The van der Waals surface area contributed by atoms with E-state index in [0.717, 1.165) is 38.6 Å². The minimum atomic E-state index is -1.09. The fraction of sp³-hybridized carbons (Fsp3) is 0.621. The van der Waals surface area contributed by atoms with Crippen molar-refractivity contribution in [1.29, 1.82) is 0 Å². The third-order valence-electron chi connectivity index (χ3n) is 6.28. The smallest absolute Gasteiger partial charge is 0.353 e. The van der Waals surface area contributed by atoms with Gasteiger partial charge in [-0.3, -0.25) is 24.2 Å². The summed E-state index contributed by atoms with van der Waals surface area (Å²) < 4.78 is 0. The van der Waals surface area contributed by atoms with Gasteiger partial charge in [-0.2, -0.15) is 9.78 Å². The van der Waals surface area contributed by atoms with Crippen molar-refractivity contribution in [1.82, 2.24) is 31.5 Å². The molecule has 0 fully saturated rings. The van der Waals surface area contributed by atoms with Crippen LogP contribution in [0.5, 0.6) is 0 Å². The summed E-state index contributed by atoms with van der Waals surface area (Å²) in [6, 6.07) is 6.93. The summed E-state index contributed by atoms with van der Waals surface area (Å²) in [7, 11) is 2.34. The molecule has 2 unspecified atom stereocenters. The van der Waals surface area contributed by atoms with Gasteiger partial charge in [0.15, 0.2) is 0 Å². The van der Waals surface area contributed by atoms with Crippen molar-refractivity contribution in [3.8, 4) is 0 Å². The predicted octanol–water partition coefficient (Wildman–Crippen LogP) is 1.18. The Kier molecular flexibility index (Phi) is 20.3. The summed E-state index contributed by atoms with van der Waals surface area (Å²) in [5.74, 6) is -1.55. The number of nitrogens with one attached hydrogen (secondary N) is 5. The molecule has 0 heterocycles. The molecule has 44 heavy (non-hydrogen) atoms. The zero-order valence-corrected chi connectivity index (χ0v) is 26.1. The van der Waals surface area contributed by atoms with Crippen molar-refractivity contribution in [3.63, 3.8) is 0 Å². The maximum atomic E-state index is 13.3. The van der Waals surface area contributed by atoms with Gasteiger partial charge in [0, 0.05) is 26.1 Å². The Morgan fingerprint density at radius 1 is 0.727 bits per heavy atom. The van der Waals surface area contributed by atoms with Gasteiger partial charge >= 0.3 is 12.2 Å². The molecule has 0 radical (unpaired) electrons. The van der Waals surface area contributed by atoms with Crippen molar-refractivity contribution in [2.24, 2.45) is 0 Å². The number of rotatable bonds is 22. The van der Waals surface area contributed by atoms with E-state index in [-0.39, 0.29) is 31.8 Å². The minimum Gasteiger partial charge on any atom is -0.353 e. The van der Waals surface area contributed by atoms with E-state index in [2.05, 4.69) is 64.9 Å². The van der Waals surface area contributed by atoms with Crippen LogP contribution in [0, 0.1) is 0 Å². The Hall–Kier alpha value is -3.95. The van der Waals surface area contributed by atoms with Gasteiger partial charge in [0.1, 0.15) is 12.1 Å². The van der Waals surface area contributed by atoms with E-state index in [4.69, 9.17) is 0 Å². The molecule has 2 atom stereocenters. The van der Waals surface area contributed by atoms with Crippen LogP contribution in [0.25, 0.3) is 0 Å². The van der Waals surface area contributed by atoms with E-state index in [1.807, 2.05) is 30.3 Å².